The molecule has 0 bridgehead atoms. The van der Waals surface area contributed by atoms with Gasteiger partial charge in [-0.3, -0.25) is 9.11 Å². The molecule has 0 amide bonds. The molecule has 0 radical (unpaired) electrons. The molecule has 0 aliphatic heterocycles. The van der Waals surface area contributed by atoms with Gasteiger partial charge in [0.05, 0.1) is 22.7 Å². The van der Waals surface area contributed by atoms with E-state index in [2.05, 4.69) is 53.4 Å². The van der Waals surface area contributed by atoms with E-state index < -0.39 is 16.9 Å². The van der Waals surface area contributed by atoms with E-state index in [1.807, 2.05) is 43.3 Å². The van der Waals surface area contributed by atoms with Crippen LogP contribution in [0.4, 0.5) is 0 Å². The molecule has 3 aromatic rings. The molecular formula is C31H39NO2S. The molecule has 35 heavy (non-hydrogen) atoms. The van der Waals surface area contributed by atoms with Crippen molar-refractivity contribution in [1.82, 2.24) is 4.90 Å². The first-order valence-corrected chi connectivity index (χ1v) is 14.4. The highest BCUT2D eigenvalue weighted by molar-refractivity contribution is 7.85. The number of rotatable bonds is 11. The minimum atomic E-state index is -1.24. The summed E-state index contributed by atoms with van der Waals surface area (Å²) in [6.45, 7) is 3.56. The summed E-state index contributed by atoms with van der Waals surface area (Å²) in [7, 11) is -1.24. The van der Waals surface area contributed by atoms with E-state index >= 15 is 0 Å². The molecule has 0 saturated heterocycles. The highest BCUT2D eigenvalue weighted by Crippen LogP contribution is 2.31. The quantitative estimate of drug-likeness (QED) is 0.334. The fourth-order valence-electron chi connectivity index (χ4n) is 5.29. The summed E-state index contributed by atoms with van der Waals surface area (Å²) in [5.41, 5.74) is 3.63. The second-order valence-corrected chi connectivity index (χ2v) is 11.6. The van der Waals surface area contributed by atoms with Gasteiger partial charge in [0.1, 0.15) is 0 Å². The molecule has 1 aliphatic carbocycles. The van der Waals surface area contributed by atoms with Gasteiger partial charge >= 0.3 is 0 Å². The fraction of sp³-hybridized carbons (Fsp3) is 0.419. The lowest BCUT2D eigenvalue weighted by Gasteiger charge is -2.38. The zero-order valence-electron chi connectivity index (χ0n) is 20.9. The molecule has 4 rings (SSSR count). The molecule has 1 fully saturated rings. The topological polar surface area (TPSA) is 40.5 Å². The molecule has 1 saturated carbocycles. The second kappa shape index (κ2) is 13.2. The smallest absolute Gasteiger partial charge is 0.0814 e. The molecule has 3 atom stereocenters. The zero-order valence-corrected chi connectivity index (χ0v) is 21.7. The van der Waals surface area contributed by atoms with Gasteiger partial charge in [0.25, 0.3) is 0 Å². The zero-order chi connectivity index (χ0) is 24.5. The SMILES string of the molecule is Cc1ccc([S@](=O)C[C@H](O)[C@H](CC2CCCCC2)N(Cc2ccccc2)Cc2ccccc2)cc1. The number of hydrogen-bond acceptors (Lipinski definition) is 3. The van der Waals surface area contributed by atoms with E-state index in [4.69, 9.17) is 0 Å². The van der Waals surface area contributed by atoms with Gasteiger partial charge < -0.3 is 5.11 Å². The Bertz CT molecular complexity index is 991. The van der Waals surface area contributed by atoms with Gasteiger partial charge in [-0.15, -0.1) is 0 Å². The molecule has 0 unspecified atom stereocenters. The van der Waals surface area contributed by atoms with E-state index in [1.54, 1.807) is 0 Å². The number of aliphatic hydroxyl groups excluding tert-OH is 1. The molecular weight excluding hydrogens is 450 g/mol. The Kier molecular flexibility index (Phi) is 9.70. The van der Waals surface area contributed by atoms with Crippen LogP contribution in [0.25, 0.3) is 0 Å². The van der Waals surface area contributed by atoms with Crippen molar-refractivity contribution >= 4 is 10.8 Å². The predicted octanol–water partition coefficient (Wildman–Crippen LogP) is 6.50. The van der Waals surface area contributed by atoms with Crippen molar-refractivity contribution in [1.29, 1.82) is 0 Å². The van der Waals surface area contributed by atoms with Crippen LogP contribution in [0.2, 0.25) is 0 Å². The normalized spacial score (nSPS) is 17.2. The van der Waals surface area contributed by atoms with Crippen LogP contribution < -0.4 is 0 Å². The standard InChI is InChI=1S/C31H39NO2S/c1-25-17-19-29(20-18-25)35(34)24-31(33)30(21-26-11-5-2-6-12-26)32(22-27-13-7-3-8-14-27)23-28-15-9-4-10-16-28/h3-4,7-10,13-20,26,30-31,33H,2,5-6,11-12,21-24H2,1H3/t30-,31-,35+/m0/s1. The van der Waals surface area contributed by atoms with Crippen LogP contribution in [0.1, 0.15) is 55.2 Å². The number of nitrogens with zero attached hydrogens (tertiary/aromatic N) is 1. The number of aliphatic hydroxyl groups is 1. The van der Waals surface area contributed by atoms with E-state index in [1.165, 1.54) is 43.2 Å². The Morgan fingerprint density at radius 2 is 1.37 bits per heavy atom. The number of hydrogen-bond donors (Lipinski definition) is 1. The summed E-state index contributed by atoms with van der Waals surface area (Å²) < 4.78 is 13.2. The molecule has 3 aromatic carbocycles. The van der Waals surface area contributed by atoms with Crippen LogP contribution in [0.5, 0.6) is 0 Å². The van der Waals surface area contributed by atoms with Crippen molar-refractivity contribution in [2.24, 2.45) is 5.92 Å². The Balaban J connectivity index is 1.59. The first-order chi connectivity index (χ1) is 17.1. The van der Waals surface area contributed by atoms with Crippen molar-refractivity contribution in [3.63, 3.8) is 0 Å². The average Bonchev–Trinajstić information content (AvgIpc) is 2.89. The van der Waals surface area contributed by atoms with Crippen molar-refractivity contribution in [3.05, 3.63) is 102 Å². The van der Waals surface area contributed by atoms with Crippen LogP contribution in [0.3, 0.4) is 0 Å². The van der Waals surface area contributed by atoms with Gasteiger partial charge in [0, 0.05) is 24.0 Å². The van der Waals surface area contributed by atoms with Gasteiger partial charge in [-0.2, -0.15) is 0 Å². The van der Waals surface area contributed by atoms with Crippen LogP contribution in [0, 0.1) is 12.8 Å². The molecule has 186 valence electrons. The molecule has 0 heterocycles. The van der Waals surface area contributed by atoms with E-state index in [0.717, 1.165) is 30.0 Å². The highest BCUT2D eigenvalue weighted by Gasteiger charge is 2.31. The lowest BCUT2D eigenvalue weighted by molar-refractivity contribution is 0.0344. The first-order valence-electron chi connectivity index (χ1n) is 13.0. The molecule has 3 nitrogen and oxygen atoms in total. The Hall–Kier alpha value is -2.27. The van der Waals surface area contributed by atoms with Crippen LogP contribution in [-0.2, 0) is 23.9 Å². The fourth-order valence-corrected chi connectivity index (χ4v) is 6.46. The van der Waals surface area contributed by atoms with Crippen molar-refractivity contribution in [2.75, 3.05) is 5.75 Å². The Morgan fingerprint density at radius 1 is 0.829 bits per heavy atom. The van der Waals surface area contributed by atoms with E-state index in [9.17, 15) is 9.32 Å². The molecule has 0 spiro atoms. The van der Waals surface area contributed by atoms with Gasteiger partial charge in [0.2, 0.25) is 0 Å². The van der Waals surface area contributed by atoms with Gasteiger partial charge in [-0.1, -0.05) is 110 Å². The van der Waals surface area contributed by atoms with Crippen molar-refractivity contribution in [2.45, 2.75) is 75.6 Å². The van der Waals surface area contributed by atoms with Gasteiger partial charge in [-0.25, -0.2) is 0 Å². The third kappa shape index (κ3) is 7.86. The maximum atomic E-state index is 13.2. The van der Waals surface area contributed by atoms with Crippen LogP contribution in [0.15, 0.2) is 89.8 Å². The largest absolute Gasteiger partial charge is 0.391 e. The predicted molar refractivity (Wildman–Crippen MR) is 146 cm³/mol. The molecule has 4 heteroatoms. The van der Waals surface area contributed by atoms with Gasteiger partial charge in [-0.05, 0) is 42.5 Å². The number of aryl methyl sites for hydroxylation is 1. The molecule has 1 N–H and O–H groups in total. The monoisotopic (exact) mass is 489 g/mol. The second-order valence-electron chi connectivity index (χ2n) is 10.1. The maximum absolute atomic E-state index is 13.2. The first kappa shape index (κ1) is 25.8. The maximum Gasteiger partial charge on any atom is 0.0814 e. The van der Waals surface area contributed by atoms with Crippen molar-refractivity contribution in [3.8, 4) is 0 Å². The Morgan fingerprint density at radius 3 is 1.91 bits per heavy atom. The minimum absolute atomic E-state index is 0.0482. The Labute approximate surface area is 213 Å². The average molecular weight is 490 g/mol. The van der Waals surface area contributed by atoms with Crippen LogP contribution >= 0.6 is 0 Å². The van der Waals surface area contributed by atoms with Crippen LogP contribution in [-0.4, -0.2) is 32.1 Å². The summed E-state index contributed by atoms with van der Waals surface area (Å²) in [6.07, 6.45) is 6.63. The third-order valence-corrected chi connectivity index (χ3v) is 8.72. The van der Waals surface area contributed by atoms with E-state index in [0.29, 0.717) is 5.92 Å². The van der Waals surface area contributed by atoms with Gasteiger partial charge in [0.15, 0.2) is 0 Å². The number of benzene rings is 3. The van der Waals surface area contributed by atoms with E-state index in [-0.39, 0.29) is 11.8 Å². The third-order valence-electron chi connectivity index (χ3n) is 7.28. The molecule has 0 aromatic heterocycles. The lowest BCUT2D eigenvalue weighted by Crippen LogP contribution is -2.46. The molecule has 1 aliphatic rings. The van der Waals surface area contributed by atoms with Crippen molar-refractivity contribution < 1.29 is 9.32 Å². The lowest BCUT2D eigenvalue weighted by atomic mass is 9.83. The minimum Gasteiger partial charge on any atom is -0.391 e. The summed E-state index contributed by atoms with van der Waals surface area (Å²) in [5.74, 6) is 0.880. The summed E-state index contributed by atoms with van der Waals surface area (Å²) in [4.78, 5) is 3.22. The summed E-state index contributed by atoms with van der Waals surface area (Å²) >= 11 is 0. The highest BCUT2D eigenvalue weighted by atomic mass is 32.2. The summed E-state index contributed by atoms with van der Waals surface area (Å²) in [5, 5.41) is 11.6. The summed E-state index contributed by atoms with van der Waals surface area (Å²) in [6, 6.07) is 28.8.